The van der Waals surface area contributed by atoms with Crippen LogP contribution in [0, 0.1) is 5.92 Å². The molecule has 7 heteroatoms. The molecule has 6 nitrogen and oxygen atoms in total. The minimum Gasteiger partial charge on any atom is -0.348 e. The van der Waals surface area contributed by atoms with Gasteiger partial charge in [-0.3, -0.25) is 9.59 Å². The molecule has 3 aromatic rings. The minimum atomic E-state index is -0.209. The smallest absolute Gasteiger partial charge is 0.277 e. The molecule has 1 atom stereocenters. The van der Waals surface area contributed by atoms with Gasteiger partial charge in [-0.15, -0.1) is 16.4 Å². The van der Waals surface area contributed by atoms with Crippen LogP contribution in [-0.4, -0.2) is 20.9 Å². The van der Waals surface area contributed by atoms with Crippen molar-refractivity contribution in [2.75, 3.05) is 0 Å². The number of aryl methyl sites for hydroxylation is 1. The van der Waals surface area contributed by atoms with Gasteiger partial charge in [-0.2, -0.15) is 0 Å². The first-order valence-electron chi connectivity index (χ1n) is 9.37. The maximum Gasteiger partial charge on any atom is 0.277 e. The second-order valence-corrected chi connectivity index (χ2v) is 7.97. The van der Waals surface area contributed by atoms with Crippen LogP contribution in [0.1, 0.15) is 43.0 Å². The monoisotopic (exact) mass is 382 g/mol. The number of carbonyl (C=O) groups is 1. The molecule has 0 unspecified atom stereocenters. The topological polar surface area (TPSA) is 76.9 Å². The van der Waals surface area contributed by atoms with E-state index in [0.717, 1.165) is 12.8 Å². The summed E-state index contributed by atoms with van der Waals surface area (Å²) in [4.78, 5) is 26.3. The number of nitrogens with zero attached hydrogens (tertiary/aromatic N) is 3. The molecule has 1 aliphatic carbocycles. The number of benzene rings is 1. The van der Waals surface area contributed by atoms with Crippen LogP contribution in [0.15, 0.2) is 46.6 Å². The van der Waals surface area contributed by atoms with E-state index in [4.69, 9.17) is 0 Å². The number of hydrogen-bond donors (Lipinski definition) is 1. The molecule has 27 heavy (non-hydrogen) atoms. The Hall–Kier alpha value is -2.54. The lowest BCUT2D eigenvalue weighted by atomic mass is 9.96. The van der Waals surface area contributed by atoms with E-state index in [1.807, 2.05) is 17.5 Å². The fraction of sp³-hybridized carbons (Fsp3) is 0.400. The molecule has 0 saturated heterocycles. The van der Waals surface area contributed by atoms with Crippen LogP contribution in [0.4, 0.5) is 0 Å². The van der Waals surface area contributed by atoms with Crippen LogP contribution >= 0.6 is 11.3 Å². The average Bonchev–Trinajstić information content (AvgIpc) is 3.40. The van der Waals surface area contributed by atoms with Crippen molar-refractivity contribution in [2.24, 2.45) is 5.92 Å². The first-order chi connectivity index (χ1) is 13.2. The van der Waals surface area contributed by atoms with E-state index in [-0.39, 0.29) is 30.5 Å². The highest BCUT2D eigenvalue weighted by Gasteiger charge is 2.28. The second-order valence-electron chi connectivity index (χ2n) is 6.99. The van der Waals surface area contributed by atoms with Gasteiger partial charge in [0, 0.05) is 11.3 Å². The van der Waals surface area contributed by atoms with Crippen molar-refractivity contribution < 1.29 is 4.79 Å². The van der Waals surface area contributed by atoms with Crippen LogP contribution < -0.4 is 10.9 Å². The van der Waals surface area contributed by atoms with Gasteiger partial charge in [-0.05, 0) is 42.3 Å². The Balaban J connectivity index is 1.44. The minimum absolute atomic E-state index is 0.0536. The summed E-state index contributed by atoms with van der Waals surface area (Å²) in [6, 6.07) is 11.3. The standard InChI is InChI=1S/C20H22N4O2S/c25-18(21-19(14-6-1-2-7-14)17-10-5-13-27-17)11-12-24-20(26)15-8-3-4-9-16(15)22-23-24/h3-5,8-10,13-14,19H,1-2,6-7,11-12H2,(H,21,25)/t19-/m1/s1. The van der Waals surface area contributed by atoms with Gasteiger partial charge in [0.1, 0.15) is 5.52 Å². The van der Waals surface area contributed by atoms with Gasteiger partial charge in [-0.25, -0.2) is 4.68 Å². The Morgan fingerprint density at radius 1 is 1.22 bits per heavy atom. The zero-order valence-electron chi connectivity index (χ0n) is 15.0. The first-order valence-corrected chi connectivity index (χ1v) is 10.3. The van der Waals surface area contributed by atoms with Crippen molar-refractivity contribution in [3.05, 3.63) is 57.0 Å². The maximum atomic E-state index is 12.6. The van der Waals surface area contributed by atoms with E-state index in [0.29, 0.717) is 16.8 Å². The Labute approximate surface area is 161 Å². The maximum absolute atomic E-state index is 12.6. The second kappa shape index (κ2) is 8.00. The lowest BCUT2D eigenvalue weighted by molar-refractivity contribution is -0.122. The van der Waals surface area contributed by atoms with Gasteiger partial charge in [-0.1, -0.05) is 36.3 Å². The molecule has 0 radical (unpaired) electrons. The summed E-state index contributed by atoms with van der Waals surface area (Å²) in [7, 11) is 0. The molecule has 4 rings (SSSR count). The van der Waals surface area contributed by atoms with E-state index < -0.39 is 0 Å². The highest BCUT2D eigenvalue weighted by atomic mass is 32.1. The zero-order valence-corrected chi connectivity index (χ0v) is 15.8. The zero-order chi connectivity index (χ0) is 18.6. The summed E-state index contributed by atoms with van der Waals surface area (Å²) in [6.45, 7) is 0.227. The number of fused-ring (bicyclic) bond motifs is 1. The van der Waals surface area contributed by atoms with E-state index in [1.165, 1.54) is 22.4 Å². The number of aromatic nitrogens is 3. The van der Waals surface area contributed by atoms with Crippen molar-refractivity contribution in [1.82, 2.24) is 20.3 Å². The number of amides is 1. The average molecular weight is 382 g/mol. The Bertz CT molecular complexity index is 977. The highest BCUT2D eigenvalue weighted by molar-refractivity contribution is 7.10. The van der Waals surface area contributed by atoms with E-state index in [9.17, 15) is 9.59 Å². The Morgan fingerprint density at radius 3 is 2.81 bits per heavy atom. The third-order valence-electron chi connectivity index (χ3n) is 5.22. The van der Waals surface area contributed by atoms with Crippen LogP contribution in [0.2, 0.25) is 0 Å². The fourth-order valence-electron chi connectivity index (χ4n) is 3.80. The number of carbonyl (C=O) groups excluding carboxylic acids is 1. The molecule has 1 aromatic carbocycles. The number of rotatable bonds is 6. The van der Waals surface area contributed by atoms with Crippen molar-refractivity contribution >= 4 is 28.1 Å². The largest absolute Gasteiger partial charge is 0.348 e. The predicted octanol–water partition coefficient (Wildman–Crippen LogP) is 3.29. The predicted molar refractivity (Wildman–Crippen MR) is 106 cm³/mol. The van der Waals surface area contributed by atoms with Gasteiger partial charge in [0.25, 0.3) is 5.56 Å². The molecular weight excluding hydrogens is 360 g/mol. The molecule has 0 spiro atoms. The van der Waals surface area contributed by atoms with Crippen LogP contribution in [0.25, 0.3) is 10.9 Å². The van der Waals surface area contributed by atoms with E-state index >= 15 is 0 Å². The Kier molecular flexibility index (Phi) is 5.29. The SMILES string of the molecule is O=C(CCn1nnc2ccccc2c1=O)N[C@@H](c1cccs1)C1CCCC1. The lowest BCUT2D eigenvalue weighted by Crippen LogP contribution is -2.34. The summed E-state index contributed by atoms with van der Waals surface area (Å²) in [5.41, 5.74) is 0.362. The third kappa shape index (κ3) is 3.93. The Morgan fingerprint density at radius 2 is 2.04 bits per heavy atom. The molecule has 1 N–H and O–H groups in total. The molecular formula is C20H22N4O2S. The first kappa shape index (κ1) is 17.9. The quantitative estimate of drug-likeness (QED) is 0.710. The summed E-state index contributed by atoms with van der Waals surface area (Å²) < 4.78 is 1.28. The molecule has 0 bridgehead atoms. The van der Waals surface area contributed by atoms with Crippen molar-refractivity contribution in [3.63, 3.8) is 0 Å². The van der Waals surface area contributed by atoms with Crippen LogP contribution in [0.3, 0.4) is 0 Å². The molecule has 2 aromatic heterocycles. The van der Waals surface area contributed by atoms with Gasteiger partial charge in [0.15, 0.2) is 0 Å². The van der Waals surface area contributed by atoms with E-state index in [1.54, 1.807) is 29.5 Å². The third-order valence-corrected chi connectivity index (χ3v) is 6.17. The van der Waals surface area contributed by atoms with Crippen molar-refractivity contribution in [2.45, 2.75) is 44.7 Å². The van der Waals surface area contributed by atoms with Crippen LogP contribution in [-0.2, 0) is 11.3 Å². The number of nitrogens with one attached hydrogen (secondary N) is 1. The molecule has 140 valence electrons. The number of thiophene rings is 1. The molecule has 1 aliphatic rings. The molecule has 1 fully saturated rings. The van der Waals surface area contributed by atoms with Crippen molar-refractivity contribution in [1.29, 1.82) is 0 Å². The lowest BCUT2D eigenvalue weighted by Gasteiger charge is -2.23. The summed E-state index contributed by atoms with van der Waals surface area (Å²) in [5, 5.41) is 13.8. The van der Waals surface area contributed by atoms with Crippen molar-refractivity contribution in [3.8, 4) is 0 Å². The van der Waals surface area contributed by atoms with Gasteiger partial charge in [0.2, 0.25) is 5.91 Å². The molecule has 2 heterocycles. The summed E-state index contributed by atoms with van der Waals surface area (Å²) in [6.07, 6.45) is 4.97. The van der Waals surface area contributed by atoms with Gasteiger partial charge < -0.3 is 5.32 Å². The fourth-order valence-corrected chi connectivity index (χ4v) is 4.67. The number of hydrogen-bond acceptors (Lipinski definition) is 5. The molecule has 1 amide bonds. The molecule has 0 aliphatic heterocycles. The van der Waals surface area contributed by atoms with Gasteiger partial charge >= 0.3 is 0 Å². The molecule has 1 saturated carbocycles. The normalized spacial score (nSPS) is 15.9. The summed E-state index contributed by atoms with van der Waals surface area (Å²) in [5.74, 6) is 0.443. The van der Waals surface area contributed by atoms with E-state index in [2.05, 4.69) is 21.7 Å². The van der Waals surface area contributed by atoms with Crippen LogP contribution in [0.5, 0.6) is 0 Å². The van der Waals surface area contributed by atoms with Gasteiger partial charge in [0.05, 0.1) is 18.0 Å². The summed E-state index contributed by atoms with van der Waals surface area (Å²) >= 11 is 1.69. The highest BCUT2D eigenvalue weighted by Crippen LogP contribution is 2.37.